The first-order valence-corrected chi connectivity index (χ1v) is 8.94. The van der Waals surface area contributed by atoms with E-state index in [1.807, 2.05) is 24.3 Å². The van der Waals surface area contributed by atoms with Gasteiger partial charge in [-0.05, 0) is 18.2 Å². The number of nitrogens with zero attached hydrogens (tertiary/aromatic N) is 2. The smallest absolute Gasteiger partial charge is 0.265 e. The molecular formula is C19H19N3O4S. The van der Waals surface area contributed by atoms with Crippen LogP contribution in [0.4, 0.5) is 5.13 Å². The molecule has 0 saturated heterocycles. The minimum absolute atomic E-state index is 0.309. The number of benzene rings is 2. The second kappa shape index (κ2) is 8.50. The fraction of sp³-hybridized carbons (Fsp3) is 0.211. The number of hydrogen-bond donors (Lipinski definition) is 1. The maximum Gasteiger partial charge on any atom is 0.265 e. The second-order valence-corrected chi connectivity index (χ2v) is 6.54. The van der Waals surface area contributed by atoms with Crippen LogP contribution in [0.25, 0.3) is 0 Å². The Morgan fingerprint density at radius 1 is 0.926 bits per heavy atom. The van der Waals surface area contributed by atoms with Crippen molar-refractivity contribution in [1.82, 2.24) is 10.2 Å². The van der Waals surface area contributed by atoms with Crippen LogP contribution in [0.3, 0.4) is 0 Å². The maximum atomic E-state index is 12.7. The summed E-state index contributed by atoms with van der Waals surface area (Å²) in [6.45, 7) is 0. The largest absolute Gasteiger partial charge is 0.496 e. The number of methoxy groups -OCH3 is 3. The number of hydrogen-bond acceptors (Lipinski definition) is 7. The van der Waals surface area contributed by atoms with E-state index in [-0.39, 0.29) is 5.91 Å². The van der Waals surface area contributed by atoms with Gasteiger partial charge in [-0.25, -0.2) is 0 Å². The molecule has 2 aromatic carbocycles. The zero-order valence-corrected chi connectivity index (χ0v) is 16.0. The molecule has 3 aromatic rings. The molecular weight excluding hydrogens is 366 g/mol. The molecule has 0 bridgehead atoms. The van der Waals surface area contributed by atoms with E-state index >= 15 is 0 Å². The van der Waals surface area contributed by atoms with Crippen molar-refractivity contribution in [2.75, 3.05) is 26.6 Å². The molecule has 1 N–H and O–H groups in total. The van der Waals surface area contributed by atoms with Gasteiger partial charge in [0.2, 0.25) is 5.13 Å². The molecule has 0 saturated carbocycles. The van der Waals surface area contributed by atoms with Crippen molar-refractivity contribution in [3.63, 3.8) is 0 Å². The first kappa shape index (κ1) is 18.7. The van der Waals surface area contributed by atoms with Crippen LogP contribution in [0.1, 0.15) is 20.9 Å². The Balaban J connectivity index is 1.77. The van der Waals surface area contributed by atoms with E-state index in [1.54, 1.807) is 25.3 Å². The third-order valence-electron chi connectivity index (χ3n) is 3.88. The number of anilines is 1. The number of nitrogens with one attached hydrogen (secondary N) is 1. The SMILES string of the molecule is COc1ccccc1Cc1nnc(NC(=O)c2c(OC)cccc2OC)s1. The van der Waals surface area contributed by atoms with E-state index in [0.29, 0.717) is 28.6 Å². The van der Waals surface area contributed by atoms with Crippen LogP contribution in [-0.4, -0.2) is 37.4 Å². The molecule has 0 aliphatic carbocycles. The van der Waals surface area contributed by atoms with Crippen molar-refractivity contribution in [3.05, 3.63) is 58.6 Å². The van der Waals surface area contributed by atoms with Gasteiger partial charge in [0, 0.05) is 12.0 Å². The standard InChI is InChI=1S/C19H19N3O4S/c1-24-13-8-5-4-7-12(13)11-16-21-22-19(27-16)20-18(23)17-14(25-2)9-6-10-15(17)26-3/h4-10H,11H2,1-3H3,(H,20,22,23). The zero-order valence-electron chi connectivity index (χ0n) is 15.2. The Labute approximate surface area is 160 Å². The van der Waals surface area contributed by atoms with Gasteiger partial charge in [-0.15, -0.1) is 10.2 Å². The predicted octanol–water partition coefficient (Wildman–Crippen LogP) is 3.41. The van der Waals surface area contributed by atoms with Gasteiger partial charge in [0.1, 0.15) is 27.8 Å². The fourth-order valence-corrected chi connectivity index (χ4v) is 3.38. The van der Waals surface area contributed by atoms with E-state index in [0.717, 1.165) is 16.3 Å². The molecule has 7 nitrogen and oxygen atoms in total. The number of aromatic nitrogens is 2. The van der Waals surface area contributed by atoms with E-state index in [9.17, 15) is 4.79 Å². The number of para-hydroxylation sites is 1. The minimum Gasteiger partial charge on any atom is -0.496 e. The zero-order chi connectivity index (χ0) is 19.2. The average Bonchev–Trinajstić information content (AvgIpc) is 3.14. The molecule has 1 amide bonds. The van der Waals surface area contributed by atoms with Crippen molar-refractivity contribution >= 4 is 22.4 Å². The number of carbonyl (C=O) groups excluding carboxylic acids is 1. The van der Waals surface area contributed by atoms with Gasteiger partial charge in [0.25, 0.3) is 5.91 Å². The highest BCUT2D eigenvalue weighted by Gasteiger charge is 2.20. The lowest BCUT2D eigenvalue weighted by atomic mass is 10.1. The van der Waals surface area contributed by atoms with Crippen LogP contribution < -0.4 is 19.5 Å². The van der Waals surface area contributed by atoms with E-state index in [1.165, 1.54) is 25.6 Å². The molecule has 0 fully saturated rings. The summed E-state index contributed by atoms with van der Waals surface area (Å²) in [5, 5.41) is 12.1. The highest BCUT2D eigenvalue weighted by atomic mass is 32.1. The third kappa shape index (κ3) is 4.17. The Morgan fingerprint density at radius 2 is 1.56 bits per heavy atom. The van der Waals surface area contributed by atoms with Crippen LogP contribution in [0.2, 0.25) is 0 Å². The van der Waals surface area contributed by atoms with E-state index in [2.05, 4.69) is 15.5 Å². The normalized spacial score (nSPS) is 10.3. The topological polar surface area (TPSA) is 82.6 Å². The number of ether oxygens (including phenoxy) is 3. The van der Waals surface area contributed by atoms with Gasteiger partial charge in [-0.2, -0.15) is 0 Å². The lowest BCUT2D eigenvalue weighted by Crippen LogP contribution is -2.14. The van der Waals surface area contributed by atoms with Crippen LogP contribution in [0.5, 0.6) is 17.2 Å². The predicted molar refractivity (Wildman–Crippen MR) is 103 cm³/mol. The molecule has 0 unspecified atom stereocenters. The van der Waals surface area contributed by atoms with Gasteiger partial charge < -0.3 is 14.2 Å². The molecule has 0 aliphatic rings. The van der Waals surface area contributed by atoms with Gasteiger partial charge >= 0.3 is 0 Å². The molecule has 0 spiro atoms. The fourth-order valence-electron chi connectivity index (χ4n) is 2.62. The monoisotopic (exact) mass is 385 g/mol. The summed E-state index contributed by atoms with van der Waals surface area (Å²) in [5.74, 6) is 1.26. The number of carbonyl (C=O) groups is 1. The molecule has 0 aliphatic heterocycles. The highest BCUT2D eigenvalue weighted by Crippen LogP contribution is 2.30. The van der Waals surface area contributed by atoms with Crippen molar-refractivity contribution in [2.45, 2.75) is 6.42 Å². The summed E-state index contributed by atoms with van der Waals surface area (Å²) in [4.78, 5) is 12.7. The van der Waals surface area contributed by atoms with E-state index in [4.69, 9.17) is 14.2 Å². The average molecular weight is 385 g/mol. The number of rotatable bonds is 7. The molecule has 8 heteroatoms. The van der Waals surface area contributed by atoms with Crippen LogP contribution >= 0.6 is 11.3 Å². The quantitative estimate of drug-likeness (QED) is 0.671. The molecule has 140 valence electrons. The first-order chi connectivity index (χ1) is 13.2. The third-order valence-corrected chi connectivity index (χ3v) is 4.72. The molecule has 1 heterocycles. The van der Waals surface area contributed by atoms with Gasteiger partial charge in [0.05, 0.1) is 21.3 Å². The Kier molecular flexibility index (Phi) is 5.87. The van der Waals surface area contributed by atoms with Crippen molar-refractivity contribution in [2.24, 2.45) is 0 Å². The van der Waals surface area contributed by atoms with Crippen LogP contribution in [0.15, 0.2) is 42.5 Å². The summed E-state index contributed by atoms with van der Waals surface area (Å²) >= 11 is 1.31. The lowest BCUT2D eigenvalue weighted by Gasteiger charge is -2.11. The van der Waals surface area contributed by atoms with Crippen LogP contribution in [-0.2, 0) is 6.42 Å². The minimum atomic E-state index is -0.371. The number of amides is 1. The van der Waals surface area contributed by atoms with E-state index < -0.39 is 0 Å². The lowest BCUT2D eigenvalue weighted by molar-refractivity contribution is 0.102. The molecule has 27 heavy (non-hydrogen) atoms. The Hall–Kier alpha value is -3.13. The van der Waals surface area contributed by atoms with Crippen molar-refractivity contribution < 1.29 is 19.0 Å². The van der Waals surface area contributed by atoms with Crippen molar-refractivity contribution in [3.8, 4) is 17.2 Å². The summed E-state index contributed by atoms with van der Waals surface area (Å²) in [6, 6.07) is 12.9. The van der Waals surface area contributed by atoms with Gasteiger partial charge in [-0.3, -0.25) is 10.1 Å². The summed E-state index contributed by atoms with van der Waals surface area (Å²) < 4.78 is 15.9. The van der Waals surface area contributed by atoms with Gasteiger partial charge in [-0.1, -0.05) is 35.6 Å². The highest BCUT2D eigenvalue weighted by molar-refractivity contribution is 7.15. The van der Waals surface area contributed by atoms with Crippen molar-refractivity contribution in [1.29, 1.82) is 0 Å². The Bertz CT molecular complexity index is 920. The summed E-state index contributed by atoms with van der Waals surface area (Å²) in [6.07, 6.45) is 0.565. The molecule has 0 atom stereocenters. The Morgan fingerprint density at radius 3 is 2.22 bits per heavy atom. The summed E-state index contributed by atoms with van der Waals surface area (Å²) in [7, 11) is 4.63. The molecule has 0 radical (unpaired) electrons. The molecule has 3 rings (SSSR count). The van der Waals surface area contributed by atoms with Gasteiger partial charge in [0.15, 0.2) is 0 Å². The summed E-state index contributed by atoms with van der Waals surface area (Å²) in [5.41, 5.74) is 1.31. The first-order valence-electron chi connectivity index (χ1n) is 8.13. The van der Waals surface area contributed by atoms with Crippen LogP contribution in [0, 0.1) is 0 Å². The maximum absolute atomic E-state index is 12.7. The second-order valence-electron chi connectivity index (χ2n) is 5.48. The molecule has 1 aromatic heterocycles.